The number of nitrogens with one attached hydrogen (secondary N) is 1. The monoisotopic (exact) mass is 297 g/mol. The second-order valence-corrected chi connectivity index (χ2v) is 5.33. The molecule has 0 saturated heterocycles. The maximum Gasteiger partial charge on any atom is 0.112 e. The van der Waals surface area contributed by atoms with Crippen LogP contribution in [0.25, 0.3) is 0 Å². The van der Waals surface area contributed by atoms with Crippen LogP contribution in [-0.2, 0) is 6.54 Å². The largest absolute Gasteiger partial charge is 0.397 e. The van der Waals surface area contributed by atoms with Crippen LogP contribution in [-0.4, -0.2) is 4.98 Å². The van der Waals surface area contributed by atoms with Crippen molar-refractivity contribution < 1.29 is 0 Å². The van der Waals surface area contributed by atoms with E-state index in [1.165, 1.54) is 0 Å². The van der Waals surface area contributed by atoms with Gasteiger partial charge in [-0.15, -0.1) is 11.3 Å². The van der Waals surface area contributed by atoms with Crippen molar-refractivity contribution in [1.82, 2.24) is 4.98 Å². The third kappa shape index (κ3) is 2.74. The van der Waals surface area contributed by atoms with Crippen molar-refractivity contribution in [1.29, 1.82) is 0 Å². The molecule has 0 bridgehead atoms. The lowest BCUT2D eigenvalue weighted by molar-refractivity contribution is 1.08. The molecule has 1 heterocycles. The summed E-state index contributed by atoms with van der Waals surface area (Å²) < 4.78 is 0.987. The highest BCUT2D eigenvalue weighted by Gasteiger charge is 2.01. The van der Waals surface area contributed by atoms with Crippen molar-refractivity contribution in [3.8, 4) is 0 Å². The van der Waals surface area contributed by atoms with E-state index in [9.17, 15) is 0 Å². The van der Waals surface area contributed by atoms with Gasteiger partial charge in [0.25, 0.3) is 0 Å². The minimum absolute atomic E-state index is 0.713. The van der Waals surface area contributed by atoms with E-state index in [2.05, 4.69) is 26.2 Å². The van der Waals surface area contributed by atoms with Crippen LogP contribution in [0.2, 0.25) is 0 Å². The van der Waals surface area contributed by atoms with Crippen LogP contribution < -0.4 is 11.1 Å². The number of hydrogen-bond acceptors (Lipinski definition) is 4. The molecule has 3 nitrogen and oxygen atoms in total. The van der Waals surface area contributed by atoms with Crippen LogP contribution in [0, 0.1) is 6.92 Å². The van der Waals surface area contributed by atoms with E-state index in [0.29, 0.717) is 6.54 Å². The molecule has 1 aromatic heterocycles. The Morgan fingerprint density at radius 2 is 2.31 bits per heavy atom. The number of aromatic nitrogens is 1. The van der Waals surface area contributed by atoms with Crippen LogP contribution in [0.5, 0.6) is 0 Å². The molecule has 2 aromatic rings. The van der Waals surface area contributed by atoms with Crippen LogP contribution >= 0.6 is 27.3 Å². The SMILES string of the molecule is Cc1csc(CNc2ccc(Br)cc2N)n1. The van der Waals surface area contributed by atoms with Gasteiger partial charge < -0.3 is 11.1 Å². The third-order valence-electron chi connectivity index (χ3n) is 2.11. The Labute approximate surface area is 107 Å². The van der Waals surface area contributed by atoms with Crippen LogP contribution in [0.3, 0.4) is 0 Å². The molecule has 0 spiro atoms. The standard InChI is InChI=1S/C11H12BrN3S/c1-7-6-16-11(15-7)5-14-10-3-2-8(12)4-9(10)13/h2-4,6,14H,5,13H2,1H3. The van der Waals surface area contributed by atoms with Gasteiger partial charge >= 0.3 is 0 Å². The van der Waals surface area contributed by atoms with Crippen molar-refractivity contribution >= 4 is 38.6 Å². The summed E-state index contributed by atoms with van der Waals surface area (Å²) >= 11 is 5.03. The lowest BCUT2D eigenvalue weighted by Gasteiger charge is -2.07. The van der Waals surface area contributed by atoms with Gasteiger partial charge in [-0.2, -0.15) is 0 Å². The first-order valence-corrected chi connectivity index (χ1v) is 6.52. The second-order valence-electron chi connectivity index (χ2n) is 3.47. The smallest absolute Gasteiger partial charge is 0.112 e. The molecular weight excluding hydrogens is 286 g/mol. The molecule has 0 fully saturated rings. The van der Waals surface area contributed by atoms with Gasteiger partial charge in [0.1, 0.15) is 5.01 Å². The van der Waals surface area contributed by atoms with E-state index in [0.717, 1.165) is 26.5 Å². The molecule has 0 unspecified atom stereocenters. The Morgan fingerprint density at radius 1 is 1.50 bits per heavy atom. The van der Waals surface area contributed by atoms with Crippen molar-refractivity contribution in [3.05, 3.63) is 38.8 Å². The molecule has 0 aliphatic heterocycles. The van der Waals surface area contributed by atoms with Gasteiger partial charge in [0, 0.05) is 15.5 Å². The summed E-state index contributed by atoms with van der Waals surface area (Å²) in [4.78, 5) is 4.38. The van der Waals surface area contributed by atoms with Gasteiger partial charge in [0.2, 0.25) is 0 Å². The molecule has 0 aliphatic carbocycles. The minimum atomic E-state index is 0.713. The van der Waals surface area contributed by atoms with Crippen molar-refractivity contribution in [3.63, 3.8) is 0 Å². The number of rotatable bonds is 3. The molecule has 0 atom stereocenters. The molecule has 2 rings (SSSR count). The molecule has 84 valence electrons. The van der Waals surface area contributed by atoms with Gasteiger partial charge in [-0.3, -0.25) is 0 Å². The van der Waals surface area contributed by atoms with Crippen LogP contribution in [0.4, 0.5) is 11.4 Å². The lowest BCUT2D eigenvalue weighted by atomic mass is 10.3. The first kappa shape index (κ1) is 11.4. The minimum Gasteiger partial charge on any atom is -0.397 e. The summed E-state index contributed by atoms with van der Waals surface area (Å²) in [7, 11) is 0. The number of halogens is 1. The highest BCUT2D eigenvalue weighted by atomic mass is 79.9. The quantitative estimate of drug-likeness (QED) is 0.854. The summed E-state index contributed by atoms with van der Waals surface area (Å²) in [6, 6.07) is 5.81. The number of thiazole rings is 1. The Balaban J connectivity index is 2.04. The predicted octanol–water partition coefficient (Wildman–Crippen LogP) is 3.41. The first-order valence-electron chi connectivity index (χ1n) is 4.85. The third-order valence-corrected chi connectivity index (χ3v) is 3.57. The zero-order valence-corrected chi connectivity index (χ0v) is 11.2. The van der Waals surface area contributed by atoms with Gasteiger partial charge in [0.15, 0.2) is 0 Å². The number of benzene rings is 1. The van der Waals surface area contributed by atoms with E-state index in [4.69, 9.17) is 5.73 Å². The molecule has 0 saturated carbocycles. The van der Waals surface area contributed by atoms with Crippen molar-refractivity contribution in [2.45, 2.75) is 13.5 Å². The number of nitrogen functional groups attached to an aromatic ring is 1. The molecule has 3 N–H and O–H groups in total. The first-order chi connectivity index (χ1) is 7.65. The second kappa shape index (κ2) is 4.84. The van der Waals surface area contributed by atoms with Crippen molar-refractivity contribution in [2.75, 3.05) is 11.1 Å². The summed E-state index contributed by atoms with van der Waals surface area (Å²) in [5.41, 5.74) is 8.62. The molecule has 1 aromatic carbocycles. The highest BCUT2D eigenvalue weighted by Crippen LogP contribution is 2.23. The molecule has 16 heavy (non-hydrogen) atoms. The average molecular weight is 298 g/mol. The van der Waals surface area contributed by atoms with Crippen LogP contribution in [0.15, 0.2) is 28.1 Å². The van der Waals surface area contributed by atoms with Gasteiger partial charge in [-0.25, -0.2) is 4.98 Å². The van der Waals surface area contributed by atoms with E-state index in [-0.39, 0.29) is 0 Å². The maximum atomic E-state index is 5.88. The Kier molecular flexibility index (Phi) is 3.46. The molecule has 0 aliphatic rings. The number of hydrogen-bond donors (Lipinski definition) is 2. The average Bonchev–Trinajstić information content (AvgIpc) is 2.63. The van der Waals surface area contributed by atoms with E-state index in [1.807, 2.05) is 30.5 Å². The maximum absolute atomic E-state index is 5.88. The zero-order valence-electron chi connectivity index (χ0n) is 8.83. The fourth-order valence-electron chi connectivity index (χ4n) is 1.35. The summed E-state index contributed by atoms with van der Waals surface area (Å²) in [6.45, 7) is 2.71. The highest BCUT2D eigenvalue weighted by molar-refractivity contribution is 9.10. The number of anilines is 2. The van der Waals surface area contributed by atoms with Gasteiger partial charge in [0.05, 0.1) is 17.9 Å². The number of aryl methyl sites for hydroxylation is 1. The summed E-state index contributed by atoms with van der Waals surface area (Å²) in [5.74, 6) is 0. The predicted molar refractivity (Wildman–Crippen MR) is 72.7 cm³/mol. The topological polar surface area (TPSA) is 50.9 Å². The van der Waals surface area contributed by atoms with E-state index >= 15 is 0 Å². The molecule has 0 amide bonds. The fourth-order valence-corrected chi connectivity index (χ4v) is 2.44. The fraction of sp³-hybridized carbons (Fsp3) is 0.182. The number of nitrogens with two attached hydrogens (primary N) is 1. The Hall–Kier alpha value is -1.07. The molecule has 5 heteroatoms. The number of nitrogens with zero attached hydrogens (tertiary/aromatic N) is 1. The lowest BCUT2D eigenvalue weighted by Crippen LogP contribution is -2.02. The van der Waals surface area contributed by atoms with E-state index < -0.39 is 0 Å². The van der Waals surface area contributed by atoms with Gasteiger partial charge in [-0.05, 0) is 25.1 Å². The normalized spacial score (nSPS) is 10.4. The summed E-state index contributed by atoms with van der Waals surface area (Å²) in [6.07, 6.45) is 0. The molecular formula is C11H12BrN3S. The Morgan fingerprint density at radius 3 is 2.94 bits per heavy atom. The van der Waals surface area contributed by atoms with E-state index in [1.54, 1.807) is 11.3 Å². The van der Waals surface area contributed by atoms with Gasteiger partial charge in [-0.1, -0.05) is 15.9 Å². The Bertz CT molecular complexity index is 496. The van der Waals surface area contributed by atoms with Crippen LogP contribution in [0.1, 0.15) is 10.7 Å². The zero-order chi connectivity index (χ0) is 11.5. The molecule has 0 radical (unpaired) electrons. The van der Waals surface area contributed by atoms with Crippen molar-refractivity contribution in [2.24, 2.45) is 0 Å². The summed E-state index contributed by atoms with van der Waals surface area (Å²) in [5, 5.41) is 6.38.